The van der Waals surface area contributed by atoms with Gasteiger partial charge in [0.15, 0.2) is 5.96 Å². The Hall–Kier alpha value is -1.59. The Labute approximate surface area is 159 Å². The molecule has 0 atom stereocenters. The fourth-order valence-electron chi connectivity index (χ4n) is 3.39. The molecule has 1 aliphatic heterocycles. The first-order valence-corrected chi connectivity index (χ1v) is 10.5. The maximum Gasteiger partial charge on any atom is 0.255 e. The number of carbonyl (C=O) groups excluding carboxylic acids is 2. The maximum atomic E-state index is 13.0. The molecule has 0 radical (unpaired) electrons. The van der Waals surface area contributed by atoms with Crippen LogP contribution in [-0.4, -0.2) is 41.3 Å². The summed E-state index contributed by atoms with van der Waals surface area (Å²) < 4.78 is 0. The summed E-state index contributed by atoms with van der Waals surface area (Å²) in [4.78, 5) is 26.3. The van der Waals surface area contributed by atoms with Crippen LogP contribution in [0, 0.1) is 5.41 Å². The lowest BCUT2D eigenvalue weighted by Crippen LogP contribution is -2.47. The number of carbonyl (C=O) groups is 2. The van der Waals surface area contributed by atoms with Gasteiger partial charge < -0.3 is 10.6 Å². The highest BCUT2D eigenvalue weighted by atomic mass is 16.2. The van der Waals surface area contributed by atoms with Crippen molar-refractivity contribution in [3.8, 4) is 0 Å². The molecule has 6 heteroatoms. The number of nitrogens with zero attached hydrogens (tertiary/aromatic N) is 1. The predicted molar refractivity (Wildman–Crippen MR) is 106 cm³/mol. The average Bonchev–Trinajstić information content (AvgIpc) is 2.86. The molecule has 1 fully saturated rings. The number of amides is 2. The Bertz CT molecular complexity index is 457. The molecule has 26 heavy (non-hydrogen) atoms. The maximum absolute atomic E-state index is 13.0. The van der Waals surface area contributed by atoms with Crippen molar-refractivity contribution in [3.05, 3.63) is 0 Å². The molecule has 2 amide bonds. The molecule has 0 unspecified atom stereocenters. The molecule has 1 saturated heterocycles. The molecular weight excluding hydrogens is 328 g/mol. The molecule has 1 aliphatic rings. The topological polar surface area (TPSA) is 85.3 Å². The van der Waals surface area contributed by atoms with Crippen molar-refractivity contribution in [2.75, 3.05) is 13.1 Å². The zero-order valence-electron chi connectivity index (χ0n) is 17.0. The summed E-state index contributed by atoms with van der Waals surface area (Å²) in [7, 11) is 0. The summed E-state index contributed by atoms with van der Waals surface area (Å²) in [6.07, 6.45) is 9.71. The van der Waals surface area contributed by atoms with Crippen LogP contribution in [0.4, 0.5) is 0 Å². The minimum atomic E-state index is -0.583. The number of hydrogen-bond donors (Lipinski definition) is 3. The molecule has 0 spiro atoms. The van der Waals surface area contributed by atoms with Gasteiger partial charge in [-0.25, -0.2) is 0 Å². The van der Waals surface area contributed by atoms with Crippen LogP contribution in [0.25, 0.3) is 0 Å². The van der Waals surface area contributed by atoms with Gasteiger partial charge in [-0.05, 0) is 32.1 Å². The van der Waals surface area contributed by atoms with E-state index in [0.29, 0.717) is 13.0 Å². The summed E-state index contributed by atoms with van der Waals surface area (Å²) in [5.74, 6) is 0.367. The zero-order valence-corrected chi connectivity index (χ0v) is 17.0. The minimum Gasteiger partial charge on any atom is -0.356 e. The van der Waals surface area contributed by atoms with Crippen LogP contribution in [0.1, 0.15) is 91.4 Å². The standard InChI is InChI=1S/C20H38N4O2/c1-4-7-13-20(14-8-5-2)18(26)24(19(21)23-20)16-11-10-12-17(25)22-15-9-6-3/h4-16H2,1-3H3,(H2,21,23)(H,22,25). The molecule has 6 nitrogen and oxygen atoms in total. The molecule has 150 valence electrons. The predicted octanol–water partition coefficient (Wildman–Crippen LogP) is 3.56. The lowest BCUT2D eigenvalue weighted by atomic mass is 9.87. The van der Waals surface area contributed by atoms with Gasteiger partial charge in [-0.1, -0.05) is 52.9 Å². The van der Waals surface area contributed by atoms with E-state index in [1.165, 1.54) is 0 Å². The van der Waals surface area contributed by atoms with E-state index in [1.807, 2.05) is 0 Å². The quantitative estimate of drug-likeness (QED) is 0.411. The molecule has 0 bridgehead atoms. The van der Waals surface area contributed by atoms with Gasteiger partial charge in [-0.2, -0.15) is 0 Å². The Kier molecular flexibility index (Phi) is 10.3. The normalized spacial score (nSPS) is 16.0. The van der Waals surface area contributed by atoms with E-state index in [1.54, 1.807) is 4.90 Å². The van der Waals surface area contributed by atoms with Crippen LogP contribution in [0.2, 0.25) is 0 Å². The number of hydrogen-bond acceptors (Lipinski definition) is 3. The zero-order chi connectivity index (χ0) is 19.4. The third-order valence-electron chi connectivity index (χ3n) is 5.08. The highest BCUT2D eigenvalue weighted by molar-refractivity contribution is 6.07. The second kappa shape index (κ2) is 11.9. The first-order valence-electron chi connectivity index (χ1n) is 10.5. The SMILES string of the molecule is CCCCNC(=O)CCCCN1C(=N)NC(CCCC)(CCCC)C1=O. The van der Waals surface area contributed by atoms with E-state index in [9.17, 15) is 9.59 Å². The summed E-state index contributed by atoms with van der Waals surface area (Å²) in [6, 6.07) is 0. The van der Waals surface area contributed by atoms with Crippen LogP contribution < -0.4 is 10.6 Å². The Morgan fingerprint density at radius 1 is 1.04 bits per heavy atom. The smallest absolute Gasteiger partial charge is 0.255 e. The van der Waals surface area contributed by atoms with Crippen LogP contribution in [0.3, 0.4) is 0 Å². The fourth-order valence-corrected chi connectivity index (χ4v) is 3.39. The van der Waals surface area contributed by atoms with Gasteiger partial charge in [0.1, 0.15) is 5.54 Å². The van der Waals surface area contributed by atoms with Gasteiger partial charge in [0, 0.05) is 19.5 Å². The van der Waals surface area contributed by atoms with Crippen molar-refractivity contribution in [1.29, 1.82) is 5.41 Å². The van der Waals surface area contributed by atoms with Crippen LogP contribution in [0.5, 0.6) is 0 Å². The first kappa shape index (κ1) is 22.5. The first-order chi connectivity index (χ1) is 12.5. The second-order valence-corrected chi connectivity index (χ2v) is 7.38. The fraction of sp³-hybridized carbons (Fsp3) is 0.850. The highest BCUT2D eigenvalue weighted by Gasteiger charge is 2.47. The van der Waals surface area contributed by atoms with Crippen molar-refractivity contribution >= 4 is 17.8 Å². The van der Waals surface area contributed by atoms with Crippen molar-refractivity contribution in [2.45, 2.75) is 96.9 Å². The molecular formula is C20H38N4O2. The van der Waals surface area contributed by atoms with Gasteiger partial charge in [0.25, 0.3) is 5.91 Å². The molecule has 1 rings (SSSR count). The molecule has 0 aliphatic carbocycles. The molecule has 0 saturated carbocycles. The summed E-state index contributed by atoms with van der Waals surface area (Å²) in [6.45, 7) is 7.62. The van der Waals surface area contributed by atoms with Gasteiger partial charge >= 0.3 is 0 Å². The second-order valence-electron chi connectivity index (χ2n) is 7.38. The Morgan fingerprint density at radius 3 is 2.23 bits per heavy atom. The van der Waals surface area contributed by atoms with E-state index >= 15 is 0 Å². The Balaban J connectivity index is 2.47. The third kappa shape index (κ3) is 6.61. The molecule has 0 aromatic carbocycles. The van der Waals surface area contributed by atoms with Crippen molar-refractivity contribution in [1.82, 2.24) is 15.5 Å². The van der Waals surface area contributed by atoms with E-state index in [2.05, 4.69) is 31.4 Å². The van der Waals surface area contributed by atoms with Crippen LogP contribution >= 0.6 is 0 Å². The van der Waals surface area contributed by atoms with E-state index in [4.69, 9.17) is 5.41 Å². The average molecular weight is 367 g/mol. The van der Waals surface area contributed by atoms with E-state index in [-0.39, 0.29) is 17.8 Å². The molecule has 1 heterocycles. The summed E-state index contributed by atoms with van der Waals surface area (Å²) >= 11 is 0. The lowest BCUT2D eigenvalue weighted by Gasteiger charge is -2.27. The van der Waals surface area contributed by atoms with Gasteiger partial charge in [0.2, 0.25) is 5.91 Å². The molecule has 0 aromatic heterocycles. The van der Waals surface area contributed by atoms with Crippen molar-refractivity contribution in [2.24, 2.45) is 0 Å². The van der Waals surface area contributed by atoms with E-state index in [0.717, 1.165) is 70.8 Å². The lowest BCUT2D eigenvalue weighted by molar-refractivity contribution is -0.131. The van der Waals surface area contributed by atoms with Gasteiger partial charge in [0.05, 0.1) is 0 Å². The van der Waals surface area contributed by atoms with Gasteiger partial charge in [-0.15, -0.1) is 0 Å². The van der Waals surface area contributed by atoms with Crippen molar-refractivity contribution < 1.29 is 9.59 Å². The highest BCUT2D eigenvalue weighted by Crippen LogP contribution is 2.29. The van der Waals surface area contributed by atoms with E-state index < -0.39 is 5.54 Å². The van der Waals surface area contributed by atoms with Crippen molar-refractivity contribution in [3.63, 3.8) is 0 Å². The third-order valence-corrected chi connectivity index (χ3v) is 5.08. The molecule has 3 N–H and O–H groups in total. The summed E-state index contributed by atoms with van der Waals surface area (Å²) in [5, 5.41) is 14.3. The number of guanidine groups is 1. The molecule has 0 aromatic rings. The van der Waals surface area contributed by atoms with Gasteiger partial charge in [-0.3, -0.25) is 19.9 Å². The number of nitrogens with one attached hydrogen (secondary N) is 3. The summed E-state index contributed by atoms with van der Waals surface area (Å²) in [5.41, 5.74) is -0.583. The minimum absolute atomic E-state index is 0.0526. The number of rotatable bonds is 14. The van der Waals surface area contributed by atoms with Crippen LogP contribution in [0.15, 0.2) is 0 Å². The number of unbranched alkanes of at least 4 members (excludes halogenated alkanes) is 4. The largest absolute Gasteiger partial charge is 0.356 e. The van der Waals surface area contributed by atoms with Crippen LogP contribution in [-0.2, 0) is 9.59 Å². The Morgan fingerprint density at radius 2 is 1.65 bits per heavy atom. The monoisotopic (exact) mass is 366 g/mol.